The van der Waals surface area contributed by atoms with Crippen LogP contribution in [0.15, 0.2) is 85.1 Å². The van der Waals surface area contributed by atoms with Crippen LogP contribution in [0.2, 0.25) is 0 Å². The molecule has 3 heteroatoms. The van der Waals surface area contributed by atoms with Crippen LogP contribution in [0.4, 0.5) is 0 Å². The lowest BCUT2D eigenvalue weighted by atomic mass is 9.90. The topological polar surface area (TPSA) is 25.8 Å². The van der Waals surface area contributed by atoms with E-state index in [0.29, 0.717) is 0 Å². The predicted molar refractivity (Wildman–Crippen MR) is 167 cm³/mol. The summed E-state index contributed by atoms with van der Waals surface area (Å²) in [6, 6.07) is 29.3. The molecule has 2 heterocycles. The van der Waals surface area contributed by atoms with Gasteiger partial charge in [0.15, 0.2) is 5.82 Å². The molecule has 0 atom stereocenters. The highest BCUT2D eigenvalue weighted by atomic mass is 32.1. The van der Waals surface area contributed by atoms with Gasteiger partial charge >= 0.3 is 0 Å². The quantitative estimate of drug-likeness (QED) is 0.211. The second-order valence-corrected chi connectivity index (χ2v) is 12.7. The lowest BCUT2D eigenvalue weighted by Crippen LogP contribution is -1.96. The van der Waals surface area contributed by atoms with Crippen molar-refractivity contribution in [2.24, 2.45) is 0 Å². The van der Waals surface area contributed by atoms with E-state index in [1.807, 2.05) is 6.20 Å². The third-order valence-corrected chi connectivity index (χ3v) is 10.8. The molecule has 2 aromatic heterocycles. The van der Waals surface area contributed by atoms with E-state index in [-0.39, 0.29) is 0 Å². The Morgan fingerprint density at radius 1 is 0.550 bits per heavy atom. The van der Waals surface area contributed by atoms with Crippen molar-refractivity contribution in [2.75, 3.05) is 0 Å². The second kappa shape index (κ2) is 6.75. The first-order chi connectivity index (χ1) is 19.8. The summed E-state index contributed by atoms with van der Waals surface area (Å²) in [6.07, 6.45) is 4.99. The normalized spacial score (nSPS) is 14.2. The maximum atomic E-state index is 5.25. The summed E-state index contributed by atoms with van der Waals surface area (Å²) < 4.78 is 2.43. The Hall–Kier alpha value is -4.60. The van der Waals surface area contributed by atoms with Crippen molar-refractivity contribution < 1.29 is 0 Å². The fraction of sp³-hybridized carbons (Fsp3) is 0.0811. The van der Waals surface area contributed by atoms with Crippen LogP contribution < -0.4 is 0 Å². The second-order valence-electron chi connectivity index (χ2n) is 11.7. The molecule has 8 aromatic rings. The van der Waals surface area contributed by atoms with Crippen molar-refractivity contribution in [2.45, 2.75) is 19.3 Å². The lowest BCUT2D eigenvalue weighted by molar-refractivity contribution is 1.19. The largest absolute Gasteiger partial charge is 0.235 e. The van der Waals surface area contributed by atoms with Crippen molar-refractivity contribution in [1.82, 2.24) is 9.97 Å². The molecule has 0 saturated carbocycles. The van der Waals surface area contributed by atoms with Crippen LogP contribution in [0.5, 0.6) is 0 Å². The van der Waals surface area contributed by atoms with Gasteiger partial charge in [-0.3, -0.25) is 0 Å². The average Bonchev–Trinajstić information content (AvgIpc) is 3.75. The molecule has 11 rings (SSSR count). The van der Waals surface area contributed by atoms with Crippen LogP contribution in [-0.2, 0) is 19.3 Å². The standard InChI is InChI=1S/C37H20N2S/c1-2-6-18(7-3-1)24-14-22-15-26-27(37-38-17-29-36(39-37)23-8-4-5-9-28(23)40-29)16-21-12-19-10-11-20-13-25(24)34-31(20)30(19)32(21)35(26)33(22)34/h1-11,14,16-17H,12-13,15H2. The van der Waals surface area contributed by atoms with Gasteiger partial charge in [-0.15, -0.1) is 11.3 Å². The van der Waals surface area contributed by atoms with Gasteiger partial charge in [-0.2, -0.15) is 0 Å². The fourth-order valence-corrected chi connectivity index (χ4v) is 9.20. The van der Waals surface area contributed by atoms with Crippen molar-refractivity contribution in [3.05, 3.63) is 118 Å². The molecular weight excluding hydrogens is 504 g/mol. The van der Waals surface area contributed by atoms with Crippen molar-refractivity contribution >= 4 is 64.0 Å². The highest BCUT2D eigenvalue weighted by molar-refractivity contribution is 7.25. The first-order valence-corrected chi connectivity index (χ1v) is 14.9. The highest BCUT2D eigenvalue weighted by Gasteiger charge is 2.34. The van der Waals surface area contributed by atoms with E-state index in [1.165, 1.54) is 92.5 Å². The van der Waals surface area contributed by atoms with Gasteiger partial charge in [0.2, 0.25) is 0 Å². The Labute approximate surface area is 233 Å². The maximum Gasteiger partial charge on any atom is 0.160 e. The molecule has 0 bridgehead atoms. The number of benzene rings is 6. The van der Waals surface area contributed by atoms with Gasteiger partial charge in [-0.1, -0.05) is 60.7 Å². The number of aromatic nitrogens is 2. The minimum atomic E-state index is 0.861. The minimum Gasteiger partial charge on any atom is -0.235 e. The smallest absolute Gasteiger partial charge is 0.160 e. The van der Waals surface area contributed by atoms with Crippen LogP contribution in [0.1, 0.15) is 33.4 Å². The van der Waals surface area contributed by atoms with E-state index in [9.17, 15) is 0 Å². The number of hydrogen-bond donors (Lipinski definition) is 0. The summed E-state index contributed by atoms with van der Waals surface area (Å²) in [7, 11) is 0. The molecule has 3 aliphatic carbocycles. The van der Waals surface area contributed by atoms with Crippen molar-refractivity contribution in [3.63, 3.8) is 0 Å². The molecule has 0 N–H and O–H groups in total. The number of nitrogens with zero attached hydrogens (tertiary/aromatic N) is 2. The number of rotatable bonds is 2. The van der Waals surface area contributed by atoms with E-state index in [2.05, 4.69) is 78.9 Å². The number of thiophene rings is 1. The van der Waals surface area contributed by atoms with Crippen LogP contribution >= 0.6 is 11.3 Å². The molecular formula is C37H20N2S. The fourth-order valence-electron chi connectivity index (χ4n) is 8.18. The van der Waals surface area contributed by atoms with E-state index in [1.54, 1.807) is 11.3 Å². The zero-order chi connectivity index (χ0) is 25.7. The van der Waals surface area contributed by atoms with Gasteiger partial charge in [-0.05, 0) is 114 Å². The van der Waals surface area contributed by atoms with Gasteiger partial charge in [0.25, 0.3) is 0 Å². The van der Waals surface area contributed by atoms with Crippen molar-refractivity contribution in [3.8, 4) is 22.5 Å². The molecule has 2 nitrogen and oxygen atoms in total. The molecule has 0 amide bonds. The van der Waals surface area contributed by atoms with Gasteiger partial charge < -0.3 is 0 Å². The lowest BCUT2D eigenvalue weighted by Gasteiger charge is -2.13. The summed E-state index contributed by atoms with van der Waals surface area (Å²) in [5.41, 5.74) is 13.8. The number of hydrogen-bond acceptors (Lipinski definition) is 3. The van der Waals surface area contributed by atoms with Gasteiger partial charge in [0.1, 0.15) is 0 Å². The van der Waals surface area contributed by atoms with Gasteiger partial charge in [0.05, 0.1) is 10.2 Å². The SMILES string of the molecule is c1ccc(-c2cc3c4c5c2Cc2ccc6c(c25)c2c(cc(-c5ncc7sc8ccccc8c7n5)c(c24)C3)C6)cc1. The van der Waals surface area contributed by atoms with E-state index in [0.717, 1.165) is 35.3 Å². The van der Waals surface area contributed by atoms with E-state index in [4.69, 9.17) is 9.97 Å². The van der Waals surface area contributed by atoms with Crippen LogP contribution in [0, 0.1) is 0 Å². The van der Waals surface area contributed by atoms with Crippen LogP contribution in [0.25, 0.3) is 75.1 Å². The molecule has 0 spiro atoms. The Bertz CT molecular complexity index is 2500. The third-order valence-electron chi connectivity index (χ3n) is 9.72. The molecule has 0 unspecified atom stereocenters. The zero-order valence-corrected chi connectivity index (χ0v) is 22.3. The molecule has 184 valence electrons. The monoisotopic (exact) mass is 524 g/mol. The van der Waals surface area contributed by atoms with Gasteiger partial charge in [-0.25, -0.2) is 9.97 Å². The van der Waals surface area contributed by atoms with Crippen molar-refractivity contribution in [1.29, 1.82) is 0 Å². The Balaban J connectivity index is 1.28. The Morgan fingerprint density at radius 2 is 1.20 bits per heavy atom. The molecule has 0 fully saturated rings. The highest BCUT2D eigenvalue weighted by Crippen LogP contribution is 2.56. The minimum absolute atomic E-state index is 0.861. The van der Waals surface area contributed by atoms with Crippen LogP contribution in [0.3, 0.4) is 0 Å². The van der Waals surface area contributed by atoms with E-state index >= 15 is 0 Å². The molecule has 6 aromatic carbocycles. The summed E-state index contributed by atoms with van der Waals surface area (Å²) in [6.45, 7) is 0. The van der Waals surface area contributed by atoms with Gasteiger partial charge in [0, 0.05) is 21.8 Å². The predicted octanol–water partition coefficient (Wildman–Crippen LogP) is 9.35. The number of fused-ring (bicyclic) bond motifs is 3. The summed E-state index contributed by atoms with van der Waals surface area (Å²) >= 11 is 1.78. The van der Waals surface area contributed by atoms with E-state index < -0.39 is 0 Å². The average molecular weight is 525 g/mol. The summed E-state index contributed by atoms with van der Waals surface area (Å²) in [5, 5.41) is 10.2. The molecule has 0 saturated heterocycles. The first kappa shape index (κ1) is 20.3. The zero-order valence-electron chi connectivity index (χ0n) is 21.5. The third kappa shape index (κ3) is 2.27. The van der Waals surface area contributed by atoms with Crippen LogP contribution in [-0.4, -0.2) is 9.97 Å². The summed E-state index contributed by atoms with van der Waals surface area (Å²) in [5.74, 6) is 0.861. The maximum absolute atomic E-state index is 5.25. The molecule has 40 heavy (non-hydrogen) atoms. The molecule has 3 aliphatic rings. The molecule has 0 radical (unpaired) electrons. The summed E-state index contributed by atoms with van der Waals surface area (Å²) in [4.78, 5) is 10.2. The first-order valence-electron chi connectivity index (χ1n) is 14.1. The molecule has 0 aliphatic heterocycles. The Morgan fingerprint density at radius 3 is 2.10 bits per heavy atom. The Kier molecular flexibility index (Phi) is 3.43.